The van der Waals surface area contributed by atoms with Gasteiger partial charge in [-0.25, -0.2) is 9.59 Å². The van der Waals surface area contributed by atoms with E-state index >= 15 is 0 Å². The summed E-state index contributed by atoms with van der Waals surface area (Å²) >= 11 is 0. The molecule has 0 aromatic carbocycles. The van der Waals surface area contributed by atoms with Gasteiger partial charge >= 0.3 is 18.0 Å². The third-order valence-electron chi connectivity index (χ3n) is 7.81. The van der Waals surface area contributed by atoms with Crippen LogP contribution in [0.1, 0.15) is 87.0 Å². The van der Waals surface area contributed by atoms with Gasteiger partial charge in [-0.05, 0) is 43.4 Å². The third kappa shape index (κ3) is 11.8. The highest BCUT2D eigenvalue weighted by atomic mass is 16.4. The Bertz CT molecular complexity index is 1090. The number of carbonyl (C=O) groups is 7. The molecule has 1 heterocycles. The van der Waals surface area contributed by atoms with Crippen LogP contribution in [0.3, 0.4) is 0 Å². The van der Waals surface area contributed by atoms with E-state index in [2.05, 4.69) is 26.6 Å². The summed E-state index contributed by atoms with van der Waals surface area (Å²) in [4.78, 5) is 91.6. The number of hydrogen-bond donors (Lipinski definition) is 7. The number of carbonyl (C=O) groups excluding carboxylic acids is 5. The van der Waals surface area contributed by atoms with Gasteiger partial charge in [0.15, 0.2) is 0 Å². The molecule has 0 aromatic heterocycles. The minimum atomic E-state index is -1.70. The number of aliphatic carboxylic acids is 2. The number of urea groups is 1. The molecule has 0 unspecified atom stereocenters. The number of nitrogens with one attached hydrogen (secondary N) is 5. The van der Waals surface area contributed by atoms with Crippen LogP contribution in [0.2, 0.25) is 0 Å². The van der Waals surface area contributed by atoms with Gasteiger partial charge in [0.25, 0.3) is 0 Å². The zero-order chi connectivity index (χ0) is 34.6. The van der Waals surface area contributed by atoms with Gasteiger partial charge in [-0.2, -0.15) is 0 Å². The molecule has 0 aromatic rings. The maximum Gasteiger partial charge on any atom is 0.326 e. The van der Waals surface area contributed by atoms with Crippen molar-refractivity contribution in [2.75, 3.05) is 13.6 Å². The van der Waals surface area contributed by atoms with Crippen LogP contribution >= 0.6 is 0 Å². The van der Waals surface area contributed by atoms with Crippen LogP contribution in [0, 0.1) is 17.3 Å². The molecule has 256 valence electrons. The molecule has 0 saturated carbocycles. The quantitative estimate of drug-likeness (QED) is 0.134. The lowest BCUT2D eigenvalue weighted by molar-refractivity contribution is -0.152. The summed E-state index contributed by atoms with van der Waals surface area (Å²) in [5.41, 5.74) is -0.822. The Hall–Kier alpha value is -3.91. The lowest BCUT2D eigenvalue weighted by atomic mass is 9.82. The lowest BCUT2D eigenvalue weighted by Gasteiger charge is -2.43. The Morgan fingerprint density at radius 2 is 1.47 bits per heavy atom. The number of carboxylic acid groups (broad SMARTS) is 2. The van der Waals surface area contributed by atoms with Gasteiger partial charge in [0, 0.05) is 19.6 Å². The van der Waals surface area contributed by atoms with Crippen molar-refractivity contribution in [2.24, 2.45) is 17.3 Å². The van der Waals surface area contributed by atoms with Crippen LogP contribution < -0.4 is 26.6 Å². The van der Waals surface area contributed by atoms with Gasteiger partial charge < -0.3 is 41.7 Å². The maximum atomic E-state index is 14.1. The molecular formula is C30H52N6O9. The Morgan fingerprint density at radius 1 is 0.867 bits per heavy atom. The number of amides is 6. The monoisotopic (exact) mass is 640 g/mol. The van der Waals surface area contributed by atoms with Gasteiger partial charge in [-0.3, -0.25) is 24.0 Å². The maximum absolute atomic E-state index is 14.1. The summed E-state index contributed by atoms with van der Waals surface area (Å²) in [6.07, 6.45) is 1.12. The number of hydrogen-bond acceptors (Lipinski definition) is 7. The first-order chi connectivity index (χ1) is 20.9. The van der Waals surface area contributed by atoms with Crippen molar-refractivity contribution in [1.29, 1.82) is 0 Å². The molecular weight excluding hydrogens is 588 g/mol. The molecule has 0 radical (unpaired) electrons. The summed E-state index contributed by atoms with van der Waals surface area (Å²) in [5.74, 6) is -7.08. The molecule has 7 N–H and O–H groups in total. The van der Waals surface area contributed by atoms with Gasteiger partial charge in [-0.15, -0.1) is 0 Å². The summed E-state index contributed by atoms with van der Waals surface area (Å²) < 4.78 is 0. The van der Waals surface area contributed by atoms with Crippen molar-refractivity contribution in [3.63, 3.8) is 0 Å². The Morgan fingerprint density at radius 3 is 1.93 bits per heavy atom. The van der Waals surface area contributed by atoms with Crippen LogP contribution in [0.25, 0.3) is 0 Å². The van der Waals surface area contributed by atoms with Crippen LogP contribution in [0.4, 0.5) is 4.79 Å². The number of piperidine rings is 1. The molecule has 0 spiro atoms. The second-order valence-electron chi connectivity index (χ2n) is 13.0. The van der Waals surface area contributed by atoms with E-state index in [-0.39, 0.29) is 31.3 Å². The largest absolute Gasteiger partial charge is 0.481 e. The van der Waals surface area contributed by atoms with E-state index in [1.807, 2.05) is 13.8 Å². The molecule has 5 atom stereocenters. The van der Waals surface area contributed by atoms with E-state index in [9.17, 15) is 43.8 Å². The zero-order valence-electron chi connectivity index (χ0n) is 27.7. The molecule has 15 nitrogen and oxygen atoms in total. The average molecular weight is 641 g/mol. The molecule has 0 aliphatic carbocycles. The van der Waals surface area contributed by atoms with E-state index in [0.29, 0.717) is 19.3 Å². The van der Waals surface area contributed by atoms with E-state index < -0.39 is 83.5 Å². The minimum absolute atomic E-state index is 0.0537. The van der Waals surface area contributed by atoms with Crippen molar-refractivity contribution in [3.8, 4) is 0 Å². The minimum Gasteiger partial charge on any atom is -0.481 e. The van der Waals surface area contributed by atoms with Gasteiger partial charge in [0.05, 0.1) is 12.3 Å². The fraction of sp³-hybridized carbons (Fsp3) is 0.767. The normalized spacial score (nSPS) is 18.8. The predicted octanol–water partition coefficient (Wildman–Crippen LogP) is 0.817. The van der Waals surface area contributed by atoms with Crippen molar-refractivity contribution < 1.29 is 43.8 Å². The molecule has 1 rings (SSSR count). The topological polar surface area (TPSA) is 223 Å². The molecule has 1 aliphatic heterocycles. The van der Waals surface area contributed by atoms with Crippen molar-refractivity contribution in [2.45, 2.75) is 117 Å². The molecule has 15 heteroatoms. The Kier molecular flexibility index (Phi) is 15.2. The summed E-state index contributed by atoms with van der Waals surface area (Å²) in [6, 6.07) is -6.28. The number of likely N-dealkylation sites (tertiary alicyclic amines) is 1. The summed E-state index contributed by atoms with van der Waals surface area (Å²) in [6.45, 7) is 12.6. The predicted molar refractivity (Wildman–Crippen MR) is 165 cm³/mol. The zero-order valence-corrected chi connectivity index (χ0v) is 27.7. The molecule has 1 aliphatic rings. The first-order valence-electron chi connectivity index (χ1n) is 15.5. The van der Waals surface area contributed by atoms with Crippen LogP contribution in [-0.4, -0.2) is 101 Å². The standard InChI is InChI=1S/C30H52N6O9/c1-9-17(10-2)32-29(45)35-23(30(5,6)7)27(42)36-13-11-12-18(24(39)31-8)22(36)26(41)33-19(15-21(37)38)25(40)34-20(28(43)44)14-16(3)4/h16-20,22-23H,9-15H2,1-8H3,(H,31,39)(H,33,41)(H,34,40)(H,37,38)(H,43,44)(H2,32,35,45)/t18-,19+,20+,22+,23-/m1/s1. The third-order valence-corrected chi connectivity index (χ3v) is 7.81. The number of rotatable bonds is 15. The van der Waals surface area contributed by atoms with Gasteiger partial charge in [0.1, 0.15) is 24.2 Å². The van der Waals surface area contributed by atoms with Crippen LogP contribution in [0.5, 0.6) is 0 Å². The average Bonchev–Trinajstić information content (AvgIpc) is 2.95. The van der Waals surface area contributed by atoms with E-state index in [4.69, 9.17) is 0 Å². The fourth-order valence-electron chi connectivity index (χ4n) is 5.30. The highest BCUT2D eigenvalue weighted by molar-refractivity contribution is 5.99. The summed E-state index contributed by atoms with van der Waals surface area (Å²) in [5, 5.41) is 31.8. The summed E-state index contributed by atoms with van der Waals surface area (Å²) in [7, 11) is 1.38. The van der Waals surface area contributed by atoms with Crippen molar-refractivity contribution in [1.82, 2.24) is 31.5 Å². The second-order valence-corrected chi connectivity index (χ2v) is 13.0. The molecule has 45 heavy (non-hydrogen) atoms. The van der Waals surface area contributed by atoms with Gasteiger partial charge in [0.2, 0.25) is 23.6 Å². The van der Waals surface area contributed by atoms with E-state index in [1.54, 1.807) is 34.6 Å². The Balaban J connectivity index is 3.47. The molecule has 1 saturated heterocycles. The number of nitrogens with zero attached hydrogens (tertiary/aromatic N) is 1. The van der Waals surface area contributed by atoms with Crippen LogP contribution in [-0.2, 0) is 28.8 Å². The number of carboxylic acids is 2. The molecule has 1 fully saturated rings. The highest BCUT2D eigenvalue weighted by Gasteiger charge is 2.47. The van der Waals surface area contributed by atoms with Crippen molar-refractivity contribution >= 4 is 41.6 Å². The Labute approximate surface area is 265 Å². The molecule has 6 amide bonds. The van der Waals surface area contributed by atoms with Crippen molar-refractivity contribution in [3.05, 3.63) is 0 Å². The highest BCUT2D eigenvalue weighted by Crippen LogP contribution is 2.29. The first-order valence-corrected chi connectivity index (χ1v) is 15.5. The fourth-order valence-corrected chi connectivity index (χ4v) is 5.30. The van der Waals surface area contributed by atoms with E-state index in [1.165, 1.54) is 11.9 Å². The van der Waals surface area contributed by atoms with Gasteiger partial charge in [-0.1, -0.05) is 48.5 Å². The van der Waals surface area contributed by atoms with E-state index in [0.717, 1.165) is 0 Å². The first kappa shape index (κ1) is 39.1. The second kappa shape index (κ2) is 17.5. The molecule has 0 bridgehead atoms. The lowest BCUT2D eigenvalue weighted by Crippen LogP contribution is -2.66. The SMILES string of the molecule is CCC(CC)NC(=O)N[C@H](C(=O)N1CCC[C@@H](C(=O)NC)[C@H]1C(=O)N[C@@H](CC(=O)O)C(=O)N[C@@H](CC(C)C)C(=O)O)C(C)(C)C. The smallest absolute Gasteiger partial charge is 0.326 e. The van der Waals surface area contributed by atoms with Crippen LogP contribution in [0.15, 0.2) is 0 Å².